The minimum Gasteiger partial charge on any atom is -0.490 e. The Kier molecular flexibility index (Phi) is 8.45. The molecule has 0 amide bonds. The van der Waals surface area contributed by atoms with Gasteiger partial charge in [0.05, 0.1) is 24.1 Å². The molecule has 0 saturated carbocycles. The lowest BCUT2D eigenvalue weighted by Gasteiger charge is -2.17. The minimum atomic E-state index is -0.455. The largest absolute Gasteiger partial charge is 0.490 e. The van der Waals surface area contributed by atoms with Crippen LogP contribution in [0.25, 0.3) is 0 Å². The third-order valence-corrected chi connectivity index (χ3v) is 4.34. The van der Waals surface area contributed by atoms with Gasteiger partial charge < -0.3 is 15.4 Å². The fraction of sp³-hybridized carbons (Fsp3) is 0.500. The highest BCUT2D eigenvalue weighted by Gasteiger charge is 2.10. The number of hydrogen-bond donors (Lipinski definition) is 2. The van der Waals surface area contributed by atoms with E-state index in [1.807, 2.05) is 26.0 Å². The smallest absolute Gasteiger partial charge is 0.306 e. The van der Waals surface area contributed by atoms with Gasteiger partial charge in [-0.25, -0.2) is 4.99 Å². The molecule has 2 aromatic rings. The van der Waals surface area contributed by atoms with E-state index in [9.17, 15) is 10.1 Å². The zero-order valence-corrected chi connectivity index (χ0v) is 17.5. The van der Waals surface area contributed by atoms with Gasteiger partial charge in [0.15, 0.2) is 5.96 Å². The highest BCUT2D eigenvalue weighted by atomic mass is 16.6. The number of aliphatic imine (C=N–C) groups is 1. The number of nitro groups is 1. The molecule has 1 atom stereocenters. The molecule has 158 valence electrons. The second-order valence-electron chi connectivity index (χ2n) is 6.79. The Bertz CT molecular complexity index is 833. The number of benzene rings is 1. The van der Waals surface area contributed by atoms with Gasteiger partial charge in [-0.2, -0.15) is 5.10 Å². The summed E-state index contributed by atoms with van der Waals surface area (Å²) < 4.78 is 7.59. The normalized spacial score (nSPS) is 12.5. The molecule has 0 fully saturated rings. The Balaban J connectivity index is 2.00. The lowest BCUT2D eigenvalue weighted by molar-refractivity contribution is -0.385. The second kappa shape index (κ2) is 11.0. The van der Waals surface area contributed by atoms with Gasteiger partial charge in [0.2, 0.25) is 0 Å². The topological polar surface area (TPSA) is 107 Å². The van der Waals surface area contributed by atoms with Crippen molar-refractivity contribution in [3.8, 4) is 5.75 Å². The molecule has 1 unspecified atom stereocenters. The maximum atomic E-state index is 10.7. The van der Waals surface area contributed by atoms with E-state index >= 15 is 0 Å². The summed E-state index contributed by atoms with van der Waals surface area (Å²) in [5.74, 6) is 1.53. The van der Waals surface area contributed by atoms with E-state index in [4.69, 9.17) is 4.74 Å². The van der Waals surface area contributed by atoms with Gasteiger partial charge in [-0.15, -0.1) is 0 Å². The van der Waals surface area contributed by atoms with Gasteiger partial charge in [-0.1, -0.05) is 19.1 Å². The molecular formula is C20H30N6O3. The van der Waals surface area contributed by atoms with Gasteiger partial charge >= 0.3 is 5.69 Å². The molecule has 1 aromatic carbocycles. The monoisotopic (exact) mass is 402 g/mol. The molecule has 0 spiro atoms. The molecule has 2 rings (SSSR count). The van der Waals surface area contributed by atoms with Crippen LogP contribution in [-0.2, 0) is 13.1 Å². The van der Waals surface area contributed by atoms with Crippen molar-refractivity contribution in [1.82, 2.24) is 20.4 Å². The van der Waals surface area contributed by atoms with Gasteiger partial charge in [0.25, 0.3) is 0 Å². The van der Waals surface area contributed by atoms with E-state index < -0.39 is 4.92 Å². The molecule has 1 heterocycles. The Morgan fingerprint density at radius 2 is 2.17 bits per heavy atom. The lowest BCUT2D eigenvalue weighted by atomic mass is 10.1. The molecule has 0 saturated heterocycles. The van der Waals surface area contributed by atoms with Crippen LogP contribution in [0.4, 0.5) is 5.69 Å². The van der Waals surface area contributed by atoms with E-state index in [0.29, 0.717) is 25.6 Å². The lowest BCUT2D eigenvalue weighted by Crippen LogP contribution is -2.38. The average molecular weight is 402 g/mol. The first-order valence-corrected chi connectivity index (χ1v) is 9.88. The summed E-state index contributed by atoms with van der Waals surface area (Å²) in [6.45, 7) is 10.4. The van der Waals surface area contributed by atoms with Crippen LogP contribution < -0.4 is 15.4 Å². The fourth-order valence-corrected chi connectivity index (χ4v) is 2.57. The van der Waals surface area contributed by atoms with Crippen LogP contribution in [0.5, 0.6) is 5.75 Å². The van der Waals surface area contributed by atoms with Crippen molar-refractivity contribution in [3.05, 3.63) is 51.8 Å². The molecule has 9 nitrogen and oxygen atoms in total. The van der Waals surface area contributed by atoms with Crippen LogP contribution in [0.3, 0.4) is 0 Å². The zero-order valence-electron chi connectivity index (χ0n) is 17.5. The molecule has 2 N–H and O–H groups in total. The Hall–Kier alpha value is -3.10. The number of hydrogen-bond acceptors (Lipinski definition) is 5. The molecular weight excluding hydrogens is 372 g/mol. The summed E-state index contributed by atoms with van der Waals surface area (Å²) in [5, 5.41) is 21.2. The number of ether oxygens (including phenoxy) is 1. The molecule has 9 heteroatoms. The maximum absolute atomic E-state index is 10.7. The summed E-state index contributed by atoms with van der Waals surface area (Å²) >= 11 is 0. The first-order valence-electron chi connectivity index (χ1n) is 9.88. The van der Waals surface area contributed by atoms with Crippen molar-refractivity contribution in [3.63, 3.8) is 0 Å². The summed E-state index contributed by atoms with van der Waals surface area (Å²) in [6, 6.07) is 6.14. The summed E-state index contributed by atoms with van der Waals surface area (Å²) in [4.78, 5) is 14.9. The number of aromatic nitrogens is 2. The van der Waals surface area contributed by atoms with E-state index in [-0.39, 0.29) is 11.8 Å². The summed E-state index contributed by atoms with van der Waals surface area (Å²) in [5.41, 5.74) is 2.16. The second-order valence-corrected chi connectivity index (χ2v) is 6.79. The van der Waals surface area contributed by atoms with Crippen LogP contribution in [0, 0.1) is 17.0 Å². The first kappa shape index (κ1) is 22.2. The van der Waals surface area contributed by atoms with Crippen LogP contribution in [0.2, 0.25) is 0 Å². The fourth-order valence-electron chi connectivity index (χ4n) is 2.57. The number of aryl methyl sites for hydroxylation is 1. The van der Waals surface area contributed by atoms with Crippen molar-refractivity contribution in [2.45, 2.75) is 53.3 Å². The SMILES string of the molecule is CCNC(=NCc1ccc(C)cc1OC(C)CC)NCCn1cc([N+](=O)[O-])cn1. The molecule has 0 aliphatic rings. The highest BCUT2D eigenvalue weighted by Crippen LogP contribution is 2.23. The van der Waals surface area contributed by atoms with Crippen LogP contribution >= 0.6 is 0 Å². The van der Waals surface area contributed by atoms with E-state index in [1.54, 1.807) is 0 Å². The minimum absolute atomic E-state index is 0.0150. The molecule has 0 aliphatic carbocycles. The maximum Gasteiger partial charge on any atom is 0.306 e. The van der Waals surface area contributed by atoms with Crippen molar-refractivity contribution < 1.29 is 9.66 Å². The van der Waals surface area contributed by atoms with Crippen molar-refractivity contribution in [2.24, 2.45) is 4.99 Å². The van der Waals surface area contributed by atoms with Crippen LogP contribution in [-0.4, -0.2) is 39.9 Å². The predicted molar refractivity (Wildman–Crippen MR) is 113 cm³/mol. The number of rotatable bonds is 10. The van der Waals surface area contributed by atoms with Crippen LogP contribution in [0.1, 0.15) is 38.3 Å². The molecule has 0 aliphatic heterocycles. The highest BCUT2D eigenvalue weighted by molar-refractivity contribution is 5.79. The van der Waals surface area contributed by atoms with Gasteiger partial charge in [0.1, 0.15) is 18.1 Å². The molecule has 0 radical (unpaired) electrons. The number of nitrogens with one attached hydrogen (secondary N) is 2. The van der Waals surface area contributed by atoms with Crippen molar-refractivity contribution in [1.29, 1.82) is 0 Å². The quantitative estimate of drug-likeness (QED) is 0.274. The van der Waals surface area contributed by atoms with Crippen molar-refractivity contribution >= 4 is 11.6 Å². The average Bonchev–Trinajstić information content (AvgIpc) is 3.16. The summed E-state index contributed by atoms with van der Waals surface area (Å²) in [6.07, 6.45) is 3.74. The molecule has 0 bridgehead atoms. The molecule has 29 heavy (non-hydrogen) atoms. The van der Waals surface area contributed by atoms with E-state index in [0.717, 1.165) is 29.8 Å². The standard InChI is InChI=1S/C20H30N6O3/c1-5-16(4)29-19-11-15(3)7-8-17(19)12-23-20(21-6-2)22-9-10-25-14-18(13-24-25)26(27)28/h7-8,11,13-14,16H,5-6,9-10,12H2,1-4H3,(H2,21,22,23). The first-order chi connectivity index (χ1) is 13.9. The van der Waals surface area contributed by atoms with Gasteiger partial charge in [0, 0.05) is 18.7 Å². The predicted octanol–water partition coefficient (Wildman–Crippen LogP) is 3.03. The molecule has 1 aromatic heterocycles. The third kappa shape index (κ3) is 7.10. The third-order valence-electron chi connectivity index (χ3n) is 4.34. The Morgan fingerprint density at radius 1 is 1.38 bits per heavy atom. The van der Waals surface area contributed by atoms with Crippen LogP contribution in [0.15, 0.2) is 35.6 Å². The van der Waals surface area contributed by atoms with E-state index in [1.165, 1.54) is 17.1 Å². The number of nitrogens with zero attached hydrogens (tertiary/aromatic N) is 4. The Morgan fingerprint density at radius 3 is 2.83 bits per heavy atom. The van der Waals surface area contributed by atoms with E-state index in [2.05, 4.69) is 40.6 Å². The Labute approximate surface area is 171 Å². The van der Waals surface area contributed by atoms with Gasteiger partial charge in [-0.05, 0) is 38.8 Å². The zero-order chi connectivity index (χ0) is 21.2. The number of guanidine groups is 1. The van der Waals surface area contributed by atoms with Crippen molar-refractivity contribution in [2.75, 3.05) is 13.1 Å². The van der Waals surface area contributed by atoms with Gasteiger partial charge in [-0.3, -0.25) is 14.8 Å². The summed E-state index contributed by atoms with van der Waals surface area (Å²) in [7, 11) is 0.